The van der Waals surface area contributed by atoms with E-state index in [-0.39, 0.29) is 0 Å². The number of hydrogen-bond donors (Lipinski definition) is 1. The van der Waals surface area contributed by atoms with Crippen molar-refractivity contribution in [2.24, 2.45) is 0 Å². The average molecular weight is 367 g/mol. The van der Waals surface area contributed by atoms with Crippen molar-refractivity contribution >= 4 is 32.2 Å². The van der Waals surface area contributed by atoms with E-state index in [2.05, 4.69) is 35.2 Å². The molecule has 2 N–H and O–H groups in total. The largest absolute Gasteiger partial charge is 0.399 e. The first-order valence-corrected chi connectivity index (χ1v) is 10.1. The van der Waals surface area contributed by atoms with E-state index in [1.165, 1.54) is 10.8 Å². The Morgan fingerprint density at radius 2 is 1.42 bits per heavy atom. The fraction of sp³-hybridized carbons (Fsp3) is 0.200. The maximum atomic E-state index is 12.8. The minimum absolute atomic E-state index is 0.297. The number of piperazine rings is 1. The maximum Gasteiger partial charge on any atom is 0.243 e. The van der Waals surface area contributed by atoms with E-state index in [1.54, 1.807) is 28.6 Å². The van der Waals surface area contributed by atoms with Crippen molar-refractivity contribution < 1.29 is 8.42 Å². The van der Waals surface area contributed by atoms with Crippen LogP contribution in [0.1, 0.15) is 0 Å². The molecule has 1 aliphatic rings. The van der Waals surface area contributed by atoms with Gasteiger partial charge in [-0.2, -0.15) is 4.31 Å². The number of fused-ring (bicyclic) bond motifs is 1. The van der Waals surface area contributed by atoms with Gasteiger partial charge in [-0.15, -0.1) is 0 Å². The maximum absolute atomic E-state index is 12.8. The van der Waals surface area contributed by atoms with Gasteiger partial charge in [0.25, 0.3) is 0 Å². The zero-order valence-corrected chi connectivity index (χ0v) is 15.2. The first-order chi connectivity index (χ1) is 12.6. The highest BCUT2D eigenvalue weighted by atomic mass is 32.2. The zero-order chi connectivity index (χ0) is 18.1. The molecule has 0 saturated carbocycles. The van der Waals surface area contributed by atoms with Gasteiger partial charge in [-0.3, -0.25) is 0 Å². The summed E-state index contributed by atoms with van der Waals surface area (Å²) in [5.74, 6) is 0. The lowest BCUT2D eigenvalue weighted by Gasteiger charge is -2.36. The Morgan fingerprint density at radius 1 is 0.769 bits per heavy atom. The first-order valence-electron chi connectivity index (χ1n) is 8.64. The summed E-state index contributed by atoms with van der Waals surface area (Å²) in [7, 11) is -3.48. The van der Waals surface area contributed by atoms with Crippen LogP contribution in [0.25, 0.3) is 10.8 Å². The van der Waals surface area contributed by atoms with Gasteiger partial charge in [-0.25, -0.2) is 8.42 Å². The quantitative estimate of drug-likeness (QED) is 0.723. The lowest BCUT2D eigenvalue weighted by molar-refractivity contribution is 0.385. The number of anilines is 2. The number of nitrogen functional groups attached to an aromatic ring is 1. The molecule has 3 aromatic carbocycles. The van der Waals surface area contributed by atoms with Gasteiger partial charge in [0.2, 0.25) is 10.0 Å². The van der Waals surface area contributed by atoms with Gasteiger partial charge in [0, 0.05) is 42.9 Å². The number of nitrogens with two attached hydrogens (primary N) is 1. The minimum atomic E-state index is -3.48. The Kier molecular flexibility index (Phi) is 4.30. The van der Waals surface area contributed by atoms with Crippen LogP contribution in [0.3, 0.4) is 0 Å². The normalized spacial score (nSPS) is 16.1. The predicted molar refractivity (Wildman–Crippen MR) is 106 cm³/mol. The Bertz CT molecular complexity index is 1020. The Morgan fingerprint density at radius 3 is 2.15 bits per heavy atom. The zero-order valence-electron chi connectivity index (χ0n) is 14.4. The van der Waals surface area contributed by atoms with E-state index in [0.717, 1.165) is 5.69 Å². The molecule has 0 atom stereocenters. The van der Waals surface area contributed by atoms with E-state index < -0.39 is 10.0 Å². The summed E-state index contributed by atoms with van der Waals surface area (Å²) in [6.45, 7) is 2.27. The molecule has 1 saturated heterocycles. The van der Waals surface area contributed by atoms with Crippen LogP contribution in [0.5, 0.6) is 0 Å². The highest BCUT2D eigenvalue weighted by Crippen LogP contribution is 2.28. The highest BCUT2D eigenvalue weighted by molar-refractivity contribution is 7.89. The predicted octanol–water partition coefficient (Wildman–Crippen LogP) is 2.93. The average Bonchev–Trinajstić information content (AvgIpc) is 2.68. The van der Waals surface area contributed by atoms with Gasteiger partial charge in [-0.1, -0.05) is 36.4 Å². The molecule has 134 valence electrons. The lowest BCUT2D eigenvalue weighted by Crippen LogP contribution is -2.48. The molecule has 1 fully saturated rings. The summed E-state index contributed by atoms with van der Waals surface area (Å²) in [6, 6.07) is 20.9. The van der Waals surface area contributed by atoms with E-state index in [9.17, 15) is 8.42 Å². The molecule has 0 aromatic heterocycles. The Balaban J connectivity index is 1.54. The molecule has 1 heterocycles. The van der Waals surface area contributed by atoms with Crippen molar-refractivity contribution in [3.8, 4) is 0 Å². The van der Waals surface area contributed by atoms with Crippen LogP contribution in [0.2, 0.25) is 0 Å². The topological polar surface area (TPSA) is 66.6 Å². The monoisotopic (exact) mass is 367 g/mol. The molecular formula is C20H21N3O2S. The molecule has 3 aromatic rings. The van der Waals surface area contributed by atoms with Gasteiger partial charge >= 0.3 is 0 Å². The summed E-state index contributed by atoms with van der Waals surface area (Å²) in [4.78, 5) is 2.56. The van der Waals surface area contributed by atoms with E-state index in [4.69, 9.17) is 5.73 Å². The van der Waals surface area contributed by atoms with Gasteiger partial charge in [0.1, 0.15) is 0 Å². The van der Waals surface area contributed by atoms with Crippen molar-refractivity contribution in [2.45, 2.75) is 4.90 Å². The highest BCUT2D eigenvalue weighted by Gasteiger charge is 2.28. The van der Waals surface area contributed by atoms with Gasteiger partial charge in [0.15, 0.2) is 0 Å². The molecule has 6 heteroatoms. The lowest BCUT2D eigenvalue weighted by atomic mass is 10.1. The summed E-state index contributed by atoms with van der Waals surface area (Å²) in [5.41, 5.74) is 7.38. The van der Waals surface area contributed by atoms with Crippen LogP contribution >= 0.6 is 0 Å². The van der Waals surface area contributed by atoms with Crippen LogP contribution < -0.4 is 10.6 Å². The molecular weight excluding hydrogens is 346 g/mol. The van der Waals surface area contributed by atoms with Gasteiger partial charge in [0.05, 0.1) is 4.90 Å². The fourth-order valence-corrected chi connectivity index (χ4v) is 4.86. The van der Waals surface area contributed by atoms with E-state index in [1.807, 2.05) is 12.1 Å². The molecule has 0 bridgehead atoms. The standard InChI is InChI=1S/C20H21N3O2S/c21-17-8-10-18(11-9-17)26(24,25)23-14-12-22(13-15-23)20-7-3-5-16-4-1-2-6-19(16)20/h1-11H,12-15,21H2. The molecule has 0 spiro atoms. The molecule has 0 unspecified atom stereocenters. The Labute approximate surface area is 153 Å². The van der Waals surface area contributed by atoms with Crippen molar-refractivity contribution in [2.75, 3.05) is 36.8 Å². The molecule has 0 amide bonds. The van der Waals surface area contributed by atoms with Crippen molar-refractivity contribution in [1.82, 2.24) is 4.31 Å². The fourth-order valence-electron chi connectivity index (χ4n) is 3.44. The third kappa shape index (κ3) is 3.02. The summed E-state index contributed by atoms with van der Waals surface area (Å²) < 4.78 is 27.2. The molecule has 4 rings (SSSR count). The third-order valence-electron chi connectivity index (χ3n) is 4.86. The van der Waals surface area contributed by atoms with Crippen LogP contribution in [0.15, 0.2) is 71.6 Å². The number of sulfonamides is 1. The minimum Gasteiger partial charge on any atom is -0.399 e. The molecule has 0 aliphatic carbocycles. The summed E-state index contributed by atoms with van der Waals surface area (Å²) >= 11 is 0. The van der Waals surface area contributed by atoms with Crippen LogP contribution in [0.4, 0.5) is 11.4 Å². The van der Waals surface area contributed by atoms with E-state index in [0.29, 0.717) is 36.8 Å². The van der Waals surface area contributed by atoms with Crippen LogP contribution in [-0.2, 0) is 10.0 Å². The Hall–Kier alpha value is -2.57. The van der Waals surface area contributed by atoms with Gasteiger partial charge < -0.3 is 10.6 Å². The molecule has 1 aliphatic heterocycles. The summed E-state index contributed by atoms with van der Waals surface area (Å²) in [5, 5.41) is 2.40. The van der Waals surface area contributed by atoms with Gasteiger partial charge in [-0.05, 0) is 35.7 Å². The van der Waals surface area contributed by atoms with Crippen molar-refractivity contribution in [1.29, 1.82) is 0 Å². The van der Waals surface area contributed by atoms with Crippen molar-refractivity contribution in [3.63, 3.8) is 0 Å². The number of hydrogen-bond acceptors (Lipinski definition) is 4. The smallest absolute Gasteiger partial charge is 0.243 e. The second-order valence-electron chi connectivity index (χ2n) is 6.46. The number of rotatable bonds is 3. The third-order valence-corrected chi connectivity index (χ3v) is 6.78. The summed E-state index contributed by atoms with van der Waals surface area (Å²) in [6.07, 6.45) is 0. The molecule has 26 heavy (non-hydrogen) atoms. The van der Waals surface area contributed by atoms with Crippen molar-refractivity contribution in [3.05, 3.63) is 66.7 Å². The number of benzene rings is 3. The second kappa shape index (κ2) is 6.63. The van der Waals surface area contributed by atoms with E-state index >= 15 is 0 Å². The second-order valence-corrected chi connectivity index (χ2v) is 8.40. The number of nitrogens with zero attached hydrogens (tertiary/aromatic N) is 2. The SMILES string of the molecule is Nc1ccc(S(=O)(=O)N2CCN(c3cccc4ccccc34)CC2)cc1. The molecule has 5 nitrogen and oxygen atoms in total. The first kappa shape index (κ1) is 16.9. The van der Waals surface area contributed by atoms with Crippen LogP contribution in [0, 0.1) is 0 Å². The van der Waals surface area contributed by atoms with Crippen LogP contribution in [-0.4, -0.2) is 38.9 Å². The molecule has 0 radical (unpaired) electrons.